The Morgan fingerprint density at radius 1 is 1.11 bits per heavy atom. The topological polar surface area (TPSA) is 137 Å². The Labute approximate surface area is 211 Å². The zero-order chi connectivity index (χ0) is 28.1. The van der Waals surface area contributed by atoms with Crippen molar-refractivity contribution >= 4 is 17.5 Å². The van der Waals surface area contributed by atoms with Crippen molar-refractivity contribution in [3.63, 3.8) is 0 Å². The molecule has 0 aromatic carbocycles. The van der Waals surface area contributed by atoms with Crippen LogP contribution < -0.4 is 15.8 Å². The fourth-order valence-electron chi connectivity index (χ4n) is 3.60. The van der Waals surface area contributed by atoms with Gasteiger partial charge in [-0.2, -0.15) is 31.4 Å². The molecule has 3 N–H and O–H groups in total. The lowest BCUT2D eigenvalue weighted by molar-refractivity contribution is -0.139. The summed E-state index contributed by atoms with van der Waals surface area (Å²) in [6.45, 7) is 2.11. The Morgan fingerprint density at radius 2 is 1.74 bits per heavy atom. The molecule has 11 nitrogen and oxygen atoms in total. The van der Waals surface area contributed by atoms with Crippen LogP contribution in [0.5, 0.6) is 0 Å². The van der Waals surface area contributed by atoms with Gasteiger partial charge in [0, 0.05) is 38.6 Å². The first-order chi connectivity index (χ1) is 17.8. The van der Waals surface area contributed by atoms with Gasteiger partial charge in [-0.25, -0.2) is 15.1 Å². The van der Waals surface area contributed by atoms with Gasteiger partial charge in [-0.3, -0.25) is 9.59 Å². The van der Waals surface area contributed by atoms with E-state index in [1.807, 2.05) is 0 Å². The molecule has 17 heteroatoms. The van der Waals surface area contributed by atoms with Crippen LogP contribution in [0.3, 0.4) is 0 Å². The molecule has 3 rings (SSSR count). The summed E-state index contributed by atoms with van der Waals surface area (Å²) >= 11 is 0. The predicted octanol–water partition coefficient (Wildman–Crippen LogP) is 1.51. The Morgan fingerprint density at radius 3 is 2.29 bits per heavy atom. The predicted molar refractivity (Wildman–Crippen MR) is 120 cm³/mol. The number of rotatable bonds is 9. The summed E-state index contributed by atoms with van der Waals surface area (Å²) in [6.07, 6.45) is -8.56. The van der Waals surface area contributed by atoms with E-state index in [-0.39, 0.29) is 44.6 Å². The lowest BCUT2D eigenvalue weighted by atomic mass is 10.1. The third-order valence-corrected chi connectivity index (χ3v) is 5.70. The Balaban J connectivity index is 1.46. The van der Waals surface area contributed by atoms with E-state index in [1.165, 1.54) is 11.8 Å². The summed E-state index contributed by atoms with van der Waals surface area (Å²) in [7, 11) is 0. The highest BCUT2D eigenvalue weighted by atomic mass is 19.4. The molecule has 2 atom stereocenters. The van der Waals surface area contributed by atoms with Crippen LogP contribution in [-0.4, -0.2) is 87.6 Å². The van der Waals surface area contributed by atoms with Crippen molar-refractivity contribution < 1.29 is 41.0 Å². The van der Waals surface area contributed by atoms with E-state index in [2.05, 4.69) is 20.4 Å². The number of anilines is 2. The van der Waals surface area contributed by atoms with E-state index in [1.54, 1.807) is 10.00 Å². The Bertz CT molecular complexity index is 1130. The number of nitrogens with one attached hydrogen (secondary N) is 2. The molecule has 1 amide bonds. The lowest BCUT2D eigenvalue weighted by Gasteiger charge is -2.34. The minimum absolute atomic E-state index is 0.0519. The minimum Gasteiger partial charge on any atom is -0.391 e. The third-order valence-electron chi connectivity index (χ3n) is 5.70. The number of aromatic amines is 1. The van der Waals surface area contributed by atoms with E-state index in [9.17, 15) is 41.0 Å². The van der Waals surface area contributed by atoms with E-state index in [0.717, 1.165) is 6.20 Å². The van der Waals surface area contributed by atoms with Gasteiger partial charge >= 0.3 is 12.4 Å². The number of amides is 1. The van der Waals surface area contributed by atoms with Crippen molar-refractivity contribution in [3.8, 4) is 0 Å². The molecule has 3 heterocycles. The highest BCUT2D eigenvalue weighted by Gasteiger charge is 2.38. The van der Waals surface area contributed by atoms with Crippen LogP contribution >= 0.6 is 0 Å². The lowest BCUT2D eigenvalue weighted by Crippen LogP contribution is -2.49. The number of hydrogen-bond donors (Lipinski definition) is 3. The molecule has 210 valence electrons. The number of aromatic nitrogens is 4. The summed E-state index contributed by atoms with van der Waals surface area (Å²) < 4.78 is 83.1. The minimum atomic E-state index is -4.96. The standard InChI is InChI=1S/C21H25F6N7O4/c1-12(35)15(31-14-10-30-32-18(37)17(14)21(25,26)27)11-38-7-2-16(36)33-3-5-34(6-4-33)19-28-8-13(9-29-19)20(22,23)24/h8-10,12,15,35H,2-7,11H2,1H3,(H2,31,32,37). The number of aliphatic hydroxyl groups excluding tert-OH is 1. The van der Waals surface area contributed by atoms with Crippen molar-refractivity contribution in [2.24, 2.45) is 0 Å². The Kier molecular flexibility index (Phi) is 9.14. The van der Waals surface area contributed by atoms with E-state index in [0.29, 0.717) is 25.5 Å². The van der Waals surface area contributed by atoms with Crippen molar-refractivity contribution in [2.75, 3.05) is 49.6 Å². The molecule has 0 radical (unpaired) electrons. The fourth-order valence-corrected chi connectivity index (χ4v) is 3.60. The van der Waals surface area contributed by atoms with Gasteiger partial charge in [-0.05, 0) is 6.92 Å². The van der Waals surface area contributed by atoms with Crippen molar-refractivity contribution in [1.82, 2.24) is 25.1 Å². The number of alkyl halides is 6. The maximum absolute atomic E-state index is 13.2. The van der Waals surface area contributed by atoms with Crippen molar-refractivity contribution in [1.29, 1.82) is 0 Å². The third kappa shape index (κ3) is 7.53. The molecule has 2 aromatic heterocycles. The first-order valence-corrected chi connectivity index (χ1v) is 11.4. The SMILES string of the molecule is CC(O)C(COCCC(=O)N1CCN(c2ncc(C(F)(F)F)cn2)CC1)Nc1cn[nH]c(=O)c1C(F)(F)F. The monoisotopic (exact) mass is 553 g/mol. The van der Waals surface area contributed by atoms with Gasteiger partial charge in [0.2, 0.25) is 11.9 Å². The first-order valence-electron chi connectivity index (χ1n) is 11.4. The quantitative estimate of drug-likeness (QED) is 0.312. The van der Waals surface area contributed by atoms with Crippen LogP contribution in [0.2, 0.25) is 0 Å². The van der Waals surface area contributed by atoms with Gasteiger partial charge in [0.15, 0.2) is 0 Å². The molecule has 1 aliphatic rings. The molecule has 1 saturated heterocycles. The number of hydrogen-bond acceptors (Lipinski definition) is 9. The van der Waals surface area contributed by atoms with Crippen LogP contribution in [-0.2, 0) is 21.9 Å². The fraction of sp³-hybridized carbons (Fsp3) is 0.571. The second-order valence-electron chi connectivity index (χ2n) is 8.44. The van der Waals surface area contributed by atoms with Gasteiger partial charge in [0.25, 0.3) is 5.56 Å². The summed E-state index contributed by atoms with van der Waals surface area (Å²) in [5.74, 6) is -0.146. The molecular formula is C21H25F6N7O4. The van der Waals surface area contributed by atoms with Crippen molar-refractivity contribution in [3.05, 3.63) is 40.1 Å². The molecule has 0 bridgehead atoms. The van der Waals surface area contributed by atoms with Crippen LogP contribution in [0.25, 0.3) is 0 Å². The van der Waals surface area contributed by atoms with Crippen LogP contribution in [0.15, 0.2) is 23.4 Å². The van der Waals surface area contributed by atoms with E-state index >= 15 is 0 Å². The number of piperazine rings is 1. The molecule has 38 heavy (non-hydrogen) atoms. The van der Waals surface area contributed by atoms with Crippen LogP contribution in [0, 0.1) is 0 Å². The molecule has 2 aromatic rings. The number of nitrogens with zero attached hydrogens (tertiary/aromatic N) is 5. The summed E-state index contributed by atoms with van der Waals surface area (Å²) in [6, 6.07) is -1.04. The van der Waals surface area contributed by atoms with E-state index in [4.69, 9.17) is 4.74 Å². The summed E-state index contributed by atoms with van der Waals surface area (Å²) in [5, 5.41) is 17.4. The number of carbonyl (C=O) groups is 1. The van der Waals surface area contributed by atoms with Gasteiger partial charge in [-0.15, -0.1) is 0 Å². The average Bonchev–Trinajstić information content (AvgIpc) is 2.84. The molecule has 0 spiro atoms. The van der Waals surface area contributed by atoms with Crippen LogP contribution in [0.4, 0.5) is 38.0 Å². The summed E-state index contributed by atoms with van der Waals surface area (Å²) in [4.78, 5) is 34.8. The zero-order valence-electron chi connectivity index (χ0n) is 20.0. The van der Waals surface area contributed by atoms with Crippen molar-refractivity contribution in [2.45, 2.75) is 37.8 Å². The van der Waals surface area contributed by atoms with Gasteiger partial charge < -0.3 is 25.0 Å². The molecule has 2 unspecified atom stereocenters. The highest BCUT2D eigenvalue weighted by molar-refractivity contribution is 5.76. The maximum Gasteiger partial charge on any atom is 0.423 e. The van der Waals surface area contributed by atoms with E-state index < -0.39 is 46.9 Å². The number of halogens is 6. The second-order valence-corrected chi connectivity index (χ2v) is 8.44. The average molecular weight is 553 g/mol. The number of carbonyl (C=O) groups excluding carboxylic acids is 1. The molecule has 0 saturated carbocycles. The molecular weight excluding hydrogens is 528 g/mol. The zero-order valence-corrected chi connectivity index (χ0v) is 20.0. The number of H-pyrrole nitrogens is 1. The van der Waals surface area contributed by atoms with Gasteiger partial charge in [-0.1, -0.05) is 0 Å². The molecule has 1 aliphatic heterocycles. The van der Waals surface area contributed by atoms with Gasteiger partial charge in [0.1, 0.15) is 5.56 Å². The first kappa shape index (κ1) is 29.1. The largest absolute Gasteiger partial charge is 0.423 e. The molecule has 1 fully saturated rings. The second kappa shape index (κ2) is 11.9. The summed E-state index contributed by atoms with van der Waals surface area (Å²) in [5.41, 5.74) is -4.52. The highest BCUT2D eigenvalue weighted by Crippen LogP contribution is 2.32. The van der Waals surface area contributed by atoms with Gasteiger partial charge in [0.05, 0.1) is 49.2 Å². The van der Waals surface area contributed by atoms with Crippen LogP contribution in [0.1, 0.15) is 24.5 Å². The normalized spacial score (nSPS) is 16.3. The smallest absolute Gasteiger partial charge is 0.391 e. The maximum atomic E-state index is 13.2. The molecule has 0 aliphatic carbocycles. The number of ether oxygens (including phenoxy) is 1. The number of aliphatic hydroxyl groups is 1. The Hall–Kier alpha value is -3.47.